The monoisotopic (exact) mass is 462 g/mol. The smallest absolute Gasteiger partial charge is 0.233 e. The number of halogens is 1. The van der Waals surface area contributed by atoms with Gasteiger partial charge >= 0.3 is 0 Å². The normalized spacial score (nSPS) is 12.3. The molecule has 1 unspecified atom stereocenters. The molecule has 0 radical (unpaired) electrons. The van der Waals surface area contributed by atoms with Gasteiger partial charge in [0.2, 0.25) is 5.88 Å². The van der Waals surface area contributed by atoms with Crippen molar-refractivity contribution >= 4 is 17.1 Å². The molecule has 5 heteroatoms. The van der Waals surface area contributed by atoms with Crippen molar-refractivity contribution in [1.29, 1.82) is 0 Å². The first-order chi connectivity index (χ1) is 16.6. The second-order valence-electron chi connectivity index (χ2n) is 8.47. The molecule has 180 valence electrons. The Morgan fingerprint density at radius 2 is 1.97 bits per heavy atom. The number of allylic oxidation sites excluding steroid dienone is 1. The van der Waals surface area contributed by atoms with Gasteiger partial charge in [-0.15, -0.1) is 0 Å². The zero-order chi connectivity index (χ0) is 24.2. The van der Waals surface area contributed by atoms with E-state index >= 15 is 0 Å². The molecule has 3 rings (SSSR count). The molecule has 34 heavy (non-hydrogen) atoms. The maximum absolute atomic E-state index is 14.9. The van der Waals surface area contributed by atoms with Crippen LogP contribution in [-0.2, 0) is 4.74 Å². The highest BCUT2D eigenvalue weighted by Crippen LogP contribution is 2.27. The van der Waals surface area contributed by atoms with Crippen molar-refractivity contribution in [1.82, 2.24) is 9.97 Å². The average molecular weight is 463 g/mol. The van der Waals surface area contributed by atoms with Crippen molar-refractivity contribution in [3.8, 4) is 17.0 Å². The third kappa shape index (κ3) is 7.77. The van der Waals surface area contributed by atoms with E-state index in [-0.39, 0.29) is 5.82 Å². The summed E-state index contributed by atoms with van der Waals surface area (Å²) >= 11 is 0. The molecule has 0 fully saturated rings. The van der Waals surface area contributed by atoms with Gasteiger partial charge in [-0.3, -0.25) is 0 Å². The fourth-order valence-electron chi connectivity index (χ4n) is 3.71. The molecule has 0 amide bonds. The van der Waals surface area contributed by atoms with E-state index in [2.05, 4.69) is 36.5 Å². The second-order valence-corrected chi connectivity index (χ2v) is 8.47. The van der Waals surface area contributed by atoms with Crippen molar-refractivity contribution < 1.29 is 13.9 Å². The van der Waals surface area contributed by atoms with Crippen LogP contribution < -0.4 is 4.74 Å². The van der Waals surface area contributed by atoms with Crippen LogP contribution in [-0.4, -0.2) is 29.3 Å². The predicted molar refractivity (Wildman–Crippen MR) is 138 cm³/mol. The molecule has 0 N–H and O–H groups in total. The Kier molecular flexibility index (Phi) is 10.2. The van der Waals surface area contributed by atoms with Crippen LogP contribution in [0.15, 0.2) is 61.3 Å². The van der Waals surface area contributed by atoms with E-state index in [0.717, 1.165) is 43.4 Å². The molecule has 0 saturated heterocycles. The summed E-state index contributed by atoms with van der Waals surface area (Å²) in [6.45, 7) is 9.19. The first-order valence-electron chi connectivity index (χ1n) is 12.2. The molecule has 0 aliphatic heterocycles. The van der Waals surface area contributed by atoms with Crippen LogP contribution in [0.25, 0.3) is 28.2 Å². The summed E-state index contributed by atoms with van der Waals surface area (Å²) in [6.07, 6.45) is 14.2. The number of rotatable bonds is 14. The molecule has 1 atom stereocenters. The maximum atomic E-state index is 14.9. The average Bonchev–Trinajstić information content (AvgIpc) is 2.85. The molecule has 1 heterocycles. The van der Waals surface area contributed by atoms with E-state index in [9.17, 15) is 4.39 Å². The van der Waals surface area contributed by atoms with Gasteiger partial charge in [-0.2, -0.15) is 0 Å². The Hall–Kier alpha value is -3.05. The SMILES string of the molecule is C=CCOc1cnc2cc(-c3ccc(C=CCCCC(C)OCCCCC)cc3F)ccc2n1. The lowest BCUT2D eigenvalue weighted by atomic mass is 10.0. The molecule has 0 aliphatic carbocycles. The molecule has 0 bridgehead atoms. The van der Waals surface area contributed by atoms with Crippen molar-refractivity contribution in [2.45, 2.75) is 58.5 Å². The Bertz CT molecular complexity index is 1100. The molecule has 3 aromatic rings. The van der Waals surface area contributed by atoms with E-state index in [0.29, 0.717) is 35.2 Å². The van der Waals surface area contributed by atoms with Gasteiger partial charge in [0, 0.05) is 12.2 Å². The molecular formula is C29H35FN2O2. The zero-order valence-electron chi connectivity index (χ0n) is 20.3. The number of hydrogen-bond donors (Lipinski definition) is 0. The first kappa shape index (κ1) is 25.6. The number of fused-ring (bicyclic) bond motifs is 1. The highest BCUT2D eigenvalue weighted by atomic mass is 19.1. The number of benzene rings is 2. The third-order valence-corrected chi connectivity index (χ3v) is 5.62. The molecule has 2 aromatic carbocycles. The third-order valence-electron chi connectivity index (χ3n) is 5.62. The minimum absolute atomic E-state index is 0.255. The topological polar surface area (TPSA) is 44.2 Å². The van der Waals surface area contributed by atoms with Crippen LogP contribution in [0.2, 0.25) is 0 Å². The van der Waals surface area contributed by atoms with Gasteiger partial charge in [0.25, 0.3) is 0 Å². The van der Waals surface area contributed by atoms with Crippen LogP contribution in [0.5, 0.6) is 5.88 Å². The van der Waals surface area contributed by atoms with E-state index < -0.39 is 0 Å². The maximum Gasteiger partial charge on any atom is 0.233 e. The summed E-state index contributed by atoms with van der Waals surface area (Å²) in [4.78, 5) is 8.82. The number of unbranched alkanes of at least 4 members (excludes halogenated alkanes) is 3. The van der Waals surface area contributed by atoms with E-state index in [1.165, 1.54) is 12.8 Å². The van der Waals surface area contributed by atoms with Gasteiger partial charge in [0.1, 0.15) is 12.4 Å². The summed E-state index contributed by atoms with van der Waals surface area (Å²) in [7, 11) is 0. The van der Waals surface area contributed by atoms with Crippen LogP contribution in [0, 0.1) is 5.82 Å². The van der Waals surface area contributed by atoms with Gasteiger partial charge in [-0.25, -0.2) is 14.4 Å². The van der Waals surface area contributed by atoms with Crippen LogP contribution in [0.1, 0.15) is 57.9 Å². The molecule has 0 saturated carbocycles. The molecular weight excluding hydrogens is 427 g/mol. The first-order valence-corrected chi connectivity index (χ1v) is 12.2. The van der Waals surface area contributed by atoms with Crippen molar-refractivity contribution in [2.24, 2.45) is 0 Å². The number of nitrogens with zero attached hydrogens (tertiary/aromatic N) is 2. The fraction of sp³-hybridized carbons (Fsp3) is 0.379. The molecule has 4 nitrogen and oxygen atoms in total. The summed E-state index contributed by atoms with van der Waals surface area (Å²) in [6, 6.07) is 10.9. The molecule has 1 aromatic heterocycles. The zero-order valence-corrected chi connectivity index (χ0v) is 20.3. The summed E-state index contributed by atoms with van der Waals surface area (Å²) < 4.78 is 26.1. The van der Waals surface area contributed by atoms with Gasteiger partial charge < -0.3 is 9.47 Å². The Labute approximate surface area is 202 Å². The van der Waals surface area contributed by atoms with E-state index in [1.807, 2.05) is 36.4 Å². The number of aromatic nitrogens is 2. The van der Waals surface area contributed by atoms with Crippen LogP contribution >= 0.6 is 0 Å². The summed E-state index contributed by atoms with van der Waals surface area (Å²) in [5, 5.41) is 0. The standard InChI is InChI=1S/C29H35FN2O2/c1-4-6-10-18-33-22(3)11-8-7-9-12-23-13-15-25(26(30)19-23)24-14-16-27-28(20-24)31-21-29(32-27)34-17-5-2/h5,9,12-16,19-22H,2,4,6-8,10-11,17-18H2,1,3H3. The van der Waals surface area contributed by atoms with Crippen molar-refractivity contribution in [3.05, 3.63) is 72.7 Å². The highest BCUT2D eigenvalue weighted by Gasteiger charge is 2.08. The van der Waals surface area contributed by atoms with E-state index in [1.54, 1.807) is 18.3 Å². The Morgan fingerprint density at radius 1 is 1.09 bits per heavy atom. The van der Waals surface area contributed by atoms with Crippen molar-refractivity contribution in [2.75, 3.05) is 13.2 Å². The minimum Gasteiger partial charge on any atom is -0.472 e. The van der Waals surface area contributed by atoms with Gasteiger partial charge in [-0.1, -0.05) is 62.8 Å². The van der Waals surface area contributed by atoms with Crippen LogP contribution in [0.4, 0.5) is 4.39 Å². The Balaban J connectivity index is 1.55. The van der Waals surface area contributed by atoms with Crippen molar-refractivity contribution in [3.63, 3.8) is 0 Å². The molecule has 0 aliphatic rings. The molecule has 0 spiro atoms. The summed E-state index contributed by atoms with van der Waals surface area (Å²) in [5.74, 6) is 0.186. The van der Waals surface area contributed by atoms with Gasteiger partial charge in [-0.05, 0) is 61.9 Å². The number of hydrogen-bond acceptors (Lipinski definition) is 4. The highest BCUT2D eigenvalue weighted by molar-refractivity contribution is 5.82. The van der Waals surface area contributed by atoms with Gasteiger partial charge in [0.05, 0.1) is 23.3 Å². The quantitative estimate of drug-likeness (QED) is 0.181. The van der Waals surface area contributed by atoms with E-state index in [4.69, 9.17) is 9.47 Å². The summed E-state index contributed by atoms with van der Waals surface area (Å²) in [5.41, 5.74) is 3.56. The fourth-order valence-corrected chi connectivity index (χ4v) is 3.71. The lowest BCUT2D eigenvalue weighted by molar-refractivity contribution is 0.0566. The minimum atomic E-state index is -0.255. The lowest BCUT2D eigenvalue weighted by Crippen LogP contribution is -2.08. The lowest BCUT2D eigenvalue weighted by Gasteiger charge is -2.12. The number of ether oxygens (including phenoxy) is 2. The second kappa shape index (κ2) is 13.6. The Morgan fingerprint density at radius 3 is 2.76 bits per heavy atom. The van der Waals surface area contributed by atoms with Gasteiger partial charge in [0.15, 0.2) is 0 Å². The largest absolute Gasteiger partial charge is 0.472 e. The predicted octanol–water partition coefficient (Wildman–Crippen LogP) is 7.78. The van der Waals surface area contributed by atoms with Crippen LogP contribution in [0.3, 0.4) is 0 Å².